The monoisotopic (exact) mass is 539 g/mol. The van der Waals surface area contributed by atoms with Gasteiger partial charge in [0.1, 0.15) is 23.3 Å². The highest BCUT2D eigenvalue weighted by Gasteiger charge is 2.58. The predicted octanol–water partition coefficient (Wildman–Crippen LogP) is 4.63. The summed E-state index contributed by atoms with van der Waals surface area (Å²) >= 11 is 1.07. The molecule has 1 fully saturated rings. The zero-order valence-electron chi connectivity index (χ0n) is 20.2. The van der Waals surface area contributed by atoms with E-state index < -0.39 is 65.1 Å². The molecule has 2 aliphatic rings. The fraction of sp³-hybridized carbons (Fsp3) is 0.400. The number of nitrogens with zero attached hydrogens (tertiary/aromatic N) is 1. The van der Waals surface area contributed by atoms with Crippen LogP contribution in [0, 0.1) is 11.6 Å². The Morgan fingerprint density at radius 3 is 2.38 bits per heavy atom. The summed E-state index contributed by atoms with van der Waals surface area (Å²) in [7, 11) is 0. The fourth-order valence-electron chi connectivity index (χ4n) is 3.69. The number of benzene rings is 2. The number of hydrogen-bond acceptors (Lipinski definition) is 5. The number of carbonyl (C=O) groups is 3. The standard InChI is InChI=1S/C25H25F4N3O4S/c1-24(2,3)36-23(35)30-17-12-37-19-9-16(27)15(21(33)31-20-10-25(20,28)29)8-18(19)32(22(17)34)11-13-4-6-14(26)7-5-13/h4-9,17,20H,10-12H2,1-3H3,(H,30,35)(H,31,33)/t17-,20?/m0/s1. The molecule has 198 valence electrons. The SMILES string of the molecule is CC(C)(C)OC(=O)N[C@H]1CSc2cc(F)c(C(=O)NC3CC3(F)F)cc2N(Cc2ccc(F)cc2)C1=O. The number of thioether (sulfide) groups is 1. The van der Waals surface area contributed by atoms with Crippen molar-refractivity contribution in [3.05, 3.63) is 59.2 Å². The summed E-state index contributed by atoms with van der Waals surface area (Å²) in [5.74, 6) is -6.05. The second-order valence-corrected chi connectivity index (χ2v) is 10.9. The molecule has 0 spiro atoms. The molecular weight excluding hydrogens is 514 g/mol. The Hall–Kier alpha value is -3.28. The Balaban J connectivity index is 1.67. The Labute approximate surface area is 214 Å². The first-order valence-electron chi connectivity index (χ1n) is 11.4. The van der Waals surface area contributed by atoms with Crippen LogP contribution in [0.3, 0.4) is 0 Å². The van der Waals surface area contributed by atoms with Gasteiger partial charge in [-0.1, -0.05) is 12.1 Å². The number of fused-ring (bicyclic) bond motifs is 1. The molecule has 1 unspecified atom stereocenters. The molecule has 0 bridgehead atoms. The first kappa shape index (κ1) is 26.8. The molecule has 1 aliphatic heterocycles. The maximum absolute atomic E-state index is 14.9. The molecule has 0 saturated heterocycles. The van der Waals surface area contributed by atoms with Crippen LogP contribution in [0.25, 0.3) is 0 Å². The summed E-state index contributed by atoms with van der Waals surface area (Å²) in [6.07, 6.45) is -1.36. The summed E-state index contributed by atoms with van der Waals surface area (Å²) in [6.45, 7) is 4.91. The molecule has 1 aliphatic carbocycles. The van der Waals surface area contributed by atoms with Gasteiger partial charge < -0.3 is 20.3 Å². The van der Waals surface area contributed by atoms with E-state index >= 15 is 0 Å². The zero-order chi connectivity index (χ0) is 27.1. The Morgan fingerprint density at radius 2 is 1.78 bits per heavy atom. The van der Waals surface area contributed by atoms with Crippen LogP contribution in [-0.4, -0.2) is 47.3 Å². The maximum atomic E-state index is 14.9. The van der Waals surface area contributed by atoms with Gasteiger partial charge in [0.2, 0.25) is 0 Å². The summed E-state index contributed by atoms with van der Waals surface area (Å²) in [4.78, 5) is 40.1. The molecule has 0 aromatic heterocycles. The number of ether oxygens (including phenoxy) is 1. The molecule has 2 aromatic carbocycles. The normalized spacial score (nSPS) is 20.5. The number of halogens is 4. The topological polar surface area (TPSA) is 87.7 Å². The fourth-order valence-corrected chi connectivity index (χ4v) is 4.77. The lowest BCUT2D eigenvalue weighted by molar-refractivity contribution is -0.120. The van der Waals surface area contributed by atoms with Gasteiger partial charge in [-0.15, -0.1) is 11.8 Å². The molecule has 2 aromatic rings. The van der Waals surface area contributed by atoms with Crippen molar-refractivity contribution in [1.82, 2.24) is 10.6 Å². The summed E-state index contributed by atoms with van der Waals surface area (Å²) in [5.41, 5.74) is -0.637. The van der Waals surface area contributed by atoms with Gasteiger partial charge in [0.25, 0.3) is 17.7 Å². The third kappa shape index (κ3) is 6.35. The van der Waals surface area contributed by atoms with E-state index in [0.717, 1.165) is 23.9 Å². The minimum absolute atomic E-state index is 0.0320. The quantitative estimate of drug-likeness (QED) is 0.541. The van der Waals surface area contributed by atoms with Gasteiger partial charge in [0.15, 0.2) is 0 Å². The van der Waals surface area contributed by atoms with Crippen LogP contribution < -0.4 is 15.5 Å². The molecule has 4 rings (SSSR count). The smallest absolute Gasteiger partial charge is 0.408 e. The third-order valence-electron chi connectivity index (χ3n) is 5.63. The molecule has 1 saturated carbocycles. The van der Waals surface area contributed by atoms with Crippen LogP contribution in [0.15, 0.2) is 41.3 Å². The third-order valence-corrected chi connectivity index (χ3v) is 6.77. The molecule has 0 radical (unpaired) electrons. The van der Waals surface area contributed by atoms with E-state index in [2.05, 4.69) is 10.6 Å². The Kier molecular flexibility index (Phi) is 7.15. The van der Waals surface area contributed by atoms with Crippen molar-refractivity contribution in [2.24, 2.45) is 0 Å². The largest absolute Gasteiger partial charge is 0.444 e. The van der Waals surface area contributed by atoms with Crippen molar-refractivity contribution in [3.63, 3.8) is 0 Å². The number of anilines is 1. The van der Waals surface area contributed by atoms with Gasteiger partial charge in [-0.25, -0.2) is 22.4 Å². The van der Waals surface area contributed by atoms with Gasteiger partial charge in [0, 0.05) is 17.1 Å². The Bertz CT molecular complexity index is 1230. The molecule has 2 atom stereocenters. The van der Waals surface area contributed by atoms with E-state index in [4.69, 9.17) is 4.74 Å². The second kappa shape index (κ2) is 9.88. The lowest BCUT2D eigenvalue weighted by Gasteiger charge is -2.27. The van der Waals surface area contributed by atoms with E-state index in [0.29, 0.717) is 10.5 Å². The second-order valence-electron chi connectivity index (χ2n) is 9.85. The lowest BCUT2D eigenvalue weighted by atomic mass is 10.1. The van der Waals surface area contributed by atoms with Gasteiger partial charge in [-0.2, -0.15) is 0 Å². The number of alkyl carbamates (subject to hydrolysis) is 1. The number of amides is 3. The highest BCUT2D eigenvalue weighted by Crippen LogP contribution is 2.42. The van der Waals surface area contributed by atoms with E-state index in [1.807, 2.05) is 0 Å². The molecule has 7 nitrogen and oxygen atoms in total. The van der Waals surface area contributed by atoms with Crippen LogP contribution >= 0.6 is 11.8 Å². The first-order valence-corrected chi connectivity index (χ1v) is 12.4. The maximum Gasteiger partial charge on any atom is 0.408 e. The molecule has 37 heavy (non-hydrogen) atoms. The summed E-state index contributed by atoms with van der Waals surface area (Å²) in [5, 5.41) is 4.64. The first-order chi connectivity index (χ1) is 17.2. The van der Waals surface area contributed by atoms with Crippen LogP contribution in [0.2, 0.25) is 0 Å². The van der Waals surface area contributed by atoms with Crippen LogP contribution in [-0.2, 0) is 16.1 Å². The van der Waals surface area contributed by atoms with E-state index in [9.17, 15) is 31.9 Å². The van der Waals surface area contributed by atoms with Gasteiger partial charge >= 0.3 is 6.09 Å². The number of rotatable bonds is 5. The van der Waals surface area contributed by atoms with Gasteiger partial charge in [-0.3, -0.25) is 9.59 Å². The van der Waals surface area contributed by atoms with Crippen LogP contribution in [0.5, 0.6) is 0 Å². The average Bonchev–Trinajstić information content (AvgIpc) is 3.42. The average molecular weight is 540 g/mol. The van der Waals surface area contributed by atoms with Gasteiger partial charge in [-0.05, 0) is 50.6 Å². The van der Waals surface area contributed by atoms with Crippen LogP contribution in [0.4, 0.5) is 28.0 Å². The molecular formula is C25H25F4N3O4S. The van der Waals surface area contributed by atoms with Crippen LogP contribution in [0.1, 0.15) is 43.1 Å². The summed E-state index contributed by atoms with van der Waals surface area (Å²) in [6, 6.07) is 5.08. The molecule has 12 heteroatoms. The zero-order valence-corrected chi connectivity index (χ0v) is 21.1. The van der Waals surface area contributed by atoms with E-state index in [1.165, 1.54) is 29.2 Å². The number of hydrogen-bond donors (Lipinski definition) is 2. The van der Waals surface area contributed by atoms with Crippen molar-refractivity contribution in [2.45, 2.75) is 62.2 Å². The highest BCUT2D eigenvalue weighted by molar-refractivity contribution is 7.99. The van der Waals surface area contributed by atoms with Crippen molar-refractivity contribution < 1.29 is 36.7 Å². The van der Waals surface area contributed by atoms with Crippen molar-refractivity contribution in [1.29, 1.82) is 0 Å². The minimum atomic E-state index is -3.04. The van der Waals surface area contributed by atoms with Crippen molar-refractivity contribution >= 4 is 35.4 Å². The Morgan fingerprint density at radius 1 is 1.14 bits per heavy atom. The number of nitrogens with one attached hydrogen (secondary N) is 2. The van der Waals surface area contributed by atoms with Gasteiger partial charge in [0.05, 0.1) is 23.8 Å². The molecule has 1 heterocycles. The van der Waals surface area contributed by atoms with Crippen molar-refractivity contribution in [2.75, 3.05) is 10.7 Å². The molecule has 3 amide bonds. The van der Waals surface area contributed by atoms with E-state index in [1.54, 1.807) is 20.8 Å². The minimum Gasteiger partial charge on any atom is -0.444 e. The predicted molar refractivity (Wildman–Crippen MR) is 129 cm³/mol. The lowest BCUT2D eigenvalue weighted by Crippen LogP contribution is -2.50. The summed E-state index contributed by atoms with van der Waals surface area (Å²) < 4.78 is 60.2. The van der Waals surface area contributed by atoms with Crippen molar-refractivity contribution in [3.8, 4) is 0 Å². The number of carbonyl (C=O) groups excluding carboxylic acids is 3. The molecule has 2 N–H and O–H groups in total. The van der Waals surface area contributed by atoms with E-state index in [-0.39, 0.29) is 18.0 Å². The number of alkyl halides is 2. The highest BCUT2D eigenvalue weighted by atomic mass is 32.2.